The van der Waals surface area contributed by atoms with Gasteiger partial charge in [-0.25, -0.2) is 4.79 Å². The minimum absolute atomic E-state index is 0.0726. The van der Waals surface area contributed by atoms with Crippen LogP contribution in [0.15, 0.2) is 18.2 Å². The van der Waals surface area contributed by atoms with Crippen LogP contribution in [0.3, 0.4) is 0 Å². The number of benzene rings is 1. The van der Waals surface area contributed by atoms with E-state index in [2.05, 4.69) is 4.74 Å². The average Bonchev–Trinajstić information content (AvgIpc) is 2.22. The van der Waals surface area contributed by atoms with Crippen molar-refractivity contribution in [2.75, 3.05) is 6.61 Å². The van der Waals surface area contributed by atoms with Gasteiger partial charge >= 0.3 is 11.9 Å². The predicted molar refractivity (Wildman–Crippen MR) is 57.0 cm³/mol. The molecule has 0 saturated heterocycles. The second-order valence-electron chi connectivity index (χ2n) is 2.92. The first-order valence-electron chi connectivity index (χ1n) is 4.40. The number of halogens is 4. The maximum atomic E-state index is 13.6. The molecule has 0 fully saturated rings. The number of hydrogen-bond donors (Lipinski definition) is 0. The van der Waals surface area contributed by atoms with Crippen molar-refractivity contribution in [2.24, 2.45) is 0 Å². The van der Waals surface area contributed by atoms with Crippen molar-refractivity contribution >= 4 is 29.2 Å². The van der Waals surface area contributed by atoms with Crippen molar-refractivity contribution in [3.05, 3.63) is 33.8 Å². The summed E-state index contributed by atoms with van der Waals surface area (Å²) < 4.78 is 31.4. The molecule has 16 heavy (non-hydrogen) atoms. The molecule has 0 unspecified atom stereocenters. The van der Waals surface area contributed by atoms with Crippen LogP contribution in [-0.2, 0) is 15.5 Å². The van der Waals surface area contributed by atoms with Crippen LogP contribution < -0.4 is 0 Å². The van der Waals surface area contributed by atoms with Gasteiger partial charge in [0.15, 0.2) is 0 Å². The lowest BCUT2D eigenvalue weighted by Crippen LogP contribution is -2.28. The molecule has 0 spiro atoms. The second-order valence-corrected chi connectivity index (χ2v) is 3.76. The number of hydrogen-bond acceptors (Lipinski definition) is 2. The van der Waals surface area contributed by atoms with Crippen LogP contribution in [0.4, 0.5) is 8.78 Å². The van der Waals surface area contributed by atoms with Crippen molar-refractivity contribution in [3.8, 4) is 0 Å². The van der Waals surface area contributed by atoms with Gasteiger partial charge in [0.05, 0.1) is 17.2 Å². The summed E-state index contributed by atoms with van der Waals surface area (Å²) in [4.78, 5) is 11.1. The summed E-state index contributed by atoms with van der Waals surface area (Å²) >= 11 is 11.1. The Morgan fingerprint density at radius 2 is 2.06 bits per heavy atom. The van der Waals surface area contributed by atoms with E-state index < -0.39 is 17.5 Å². The largest absolute Gasteiger partial charge is 0.461 e. The van der Waals surface area contributed by atoms with Crippen molar-refractivity contribution < 1.29 is 18.3 Å². The molecule has 6 heteroatoms. The summed E-state index contributed by atoms with van der Waals surface area (Å²) in [6.07, 6.45) is 0. The number of ether oxygens (including phenoxy) is 1. The molecule has 0 bridgehead atoms. The zero-order valence-electron chi connectivity index (χ0n) is 8.27. The fourth-order valence-electron chi connectivity index (χ4n) is 1.07. The molecule has 0 heterocycles. The highest BCUT2D eigenvalue weighted by Crippen LogP contribution is 2.36. The molecule has 0 atom stereocenters. The third kappa shape index (κ3) is 2.62. The molecule has 2 nitrogen and oxygen atoms in total. The first-order chi connectivity index (χ1) is 7.39. The number of esters is 1. The van der Waals surface area contributed by atoms with Gasteiger partial charge < -0.3 is 4.74 Å². The Labute approximate surface area is 101 Å². The lowest BCUT2D eigenvalue weighted by molar-refractivity contribution is -0.173. The second kappa shape index (κ2) is 4.97. The molecular formula is C10H8Cl2F2O2. The highest BCUT2D eigenvalue weighted by Gasteiger charge is 2.44. The van der Waals surface area contributed by atoms with Gasteiger partial charge in [-0.15, -0.1) is 0 Å². The Morgan fingerprint density at radius 1 is 1.44 bits per heavy atom. The first-order valence-corrected chi connectivity index (χ1v) is 5.15. The van der Waals surface area contributed by atoms with Gasteiger partial charge in [-0.05, 0) is 25.1 Å². The van der Waals surface area contributed by atoms with Crippen molar-refractivity contribution in [1.29, 1.82) is 0 Å². The van der Waals surface area contributed by atoms with E-state index in [1.807, 2.05) is 0 Å². The molecule has 88 valence electrons. The fraction of sp³-hybridized carbons (Fsp3) is 0.300. The lowest BCUT2D eigenvalue weighted by Gasteiger charge is -2.16. The monoisotopic (exact) mass is 268 g/mol. The van der Waals surface area contributed by atoms with Crippen LogP contribution in [0.25, 0.3) is 0 Å². The SMILES string of the molecule is CCOC(=O)C(F)(F)c1cc(Cl)ccc1Cl. The summed E-state index contributed by atoms with van der Waals surface area (Å²) in [5.74, 6) is -5.43. The third-order valence-electron chi connectivity index (χ3n) is 1.80. The van der Waals surface area contributed by atoms with Gasteiger partial charge in [-0.3, -0.25) is 0 Å². The maximum absolute atomic E-state index is 13.6. The molecule has 0 amide bonds. The zero-order chi connectivity index (χ0) is 12.3. The van der Waals surface area contributed by atoms with E-state index in [0.717, 1.165) is 6.07 Å². The summed E-state index contributed by atoms with van der Waals surface area (Å²) in [7, 11) is 0. The molecule has 0 aliphatic heterocycles. The van der Waals surface area contributed by atoms with Crippen molar-refractivity contribution in [3.63, 3.8) is 0 Å². The van der Waals surface area contributed by atoms with E-state index >= 15 is 0 Å². The van der Waals surface area contributed by atoms with Gasteiger partial charge in [0, 0.05) is 5.02 Å². The van der Waals surface area contributed by atoms with E-state index in [1.165, 1.54) is 19.1 Å². The molecule has 1 rings (SSSR count). The Balaban J connectivity index is 3.15. The summed E-state index contributed by atoms with van der Waals surface area (Å²) in [6, 6.07) is 3.50. The summed E-state index contributed by atoms with van der Waals surface area (Å²) in [5.41, 5.74) is -0.653. The number of rotatable bonds is 3. The first kappa shape index (κ1) is 13.2. The molecule has 0 radical (unpaired) electrons. The van der Waals surface area contributed by atoms with Gasteiger partial charge in [0.25, 0.3) is 0 Å². The number of carbonyl (C=O) groups excluding carboxylic acids is 1. The minimum Gasteiger partial charge on any atom is -0.461 e. The van der Waals surface area contributed by atoms with Gasteiger partial charge in [0.1, 0.15) is 0 Å². The van der Waals surface area contributed by atoms with Crippen LogP contribution in [0.1, 0.15) is 12.5 Å². The molecule has 1 aromatic carbocycles. The van der Waals surface area contributed by atoms with Crippen LogP contribution in [0.5, 0.6) is 0 Å². The minimum atomic E-state index is -3.79. The molecule has 0 aliphatic carbocycles. The maximum Gasteiger partial charge on any atom is 0.382 e. The number of alkyl halides is 2. The smallest absolute Gasteiger partial charge is 0.382 e. The van der Waals surface area contributed by atoms with Crippen molar-refractivity contribution in [1.82, 2.24) is 0 Å². The van der Waals surface area contributed by atoms with Crippen LogP contribution >= 0.6 is 23.2 Å². The van der Waals surface area contributed by atoms with E-state index in [0.29, 0.717) is 0 Å². The summed E-state index contributed by atoms with van der Waals surface area (Å²) in [5, 5.41) is -0.161. The zero-order valence-corrected chi connectivity index (χ0v) is 9.78. The van der Waals surface area contributed by atoms with Gasteiger partial charge in [0.2, 0.25) is 0 Å². The van der Waals surface area contributed by atoms with Gasteiger partial charge in [-0.1, -0.05) is 23.2 Å². The molecule has 0 aromatic heterocycles. The molecule has 0 saturated carbocycles. The van der Waals surface area contributed by atoms with Crippen LogP contribution in [0.2, 0.25) is 10.0 Å². The summed E-state index contributed by atoms with van der Waals surface area (Å²) in [6.45, 7) is 1.31. The quantitative estimate of drug-likeness (QED) is 0.783. The predicted octanol–water partition coefficient (Wildman–Crippen LogP) is 3.65. The average molecular weight is 269 g/mol. The molecule has 1 aromatic rings. The van der Waals surface area contributed by atoms with E-state index in [1.54, 1.807) is 0 Å². The Bertz CT molecular complexity index is 408. The normalized spacial score (nSPS) is 11.3. The van der Waals surface area contributed by atoms with Gasteiger partial charge in [-0.2, -0.15) is 8.78 Å². The fourth-order valence-corrected chi connectivity index (χ4v) is 1.48. The molecule has 0 aliphatic rings. The lowest BCUT2D eigenvalue weighted by atomic mass is 10.1. The number of carbonyl (C=O) groups is 1. The van der Waals surface area contributed by atoms with E-state index in [-0.39, 0.29) is 16.7 Å². The Morgan fingerprint density at radius 3 is 2.62 bits per heavy atom. The standard InChI is InChI=1S/C10H8Cl2F2O2/c1-2-16-9(15)10(13,14)7-5-6(11)3-4-8(7)12/h3-5H,2H2,1H3. The van der Waals surface area contributed by atoms with E-state index in [9.17, 15) is 13.6 Å². The van der Waals surface area contributed by atoms with Crippen LogP contribution in [-0.4, -0.2) is 12.6 Å². The highest BCUT2D eigenvalue weighted by molar-refractivity contribution is 6.33. The highest BCUT2D eigenvalue weighted by atomic mass is 35.5. The van der Waals surface area contributed by atoms with Crippen LogP contribution in [0, 0.1) is 0 Å². The Hall–Kier alpha value is -0.870. The molecular weight excluding hydrogens is 261 g/mol. The molecule has 0 N–H and O–H groups in total. The third-order valence-corrected chi connectivity index (χ3v) is 2.36. The topological polar surface area (TPSA) is 26.3 Å². The van der Waals surface area contributed by atoms with Crippen molar-refractivity contribution in [2.45, 2.75) is 12.8 Å². The Kier molecular flexibility index (Phi) is 4.10. The van der Waals surface area contributed by atoms with E-state index in [4.69, 9.17) is 23.2 Å².